The maximum absolute atomic E-state index is 14.4. The van der Waals surface area contributed by atoms with Crippen LogP contribution in [0, 0.1) is 5.82 Å². The van der Waals surface area contributed by atoms with Crippen LogP contribution < -0.4 is 20.8 Å². The zero-order chi connectivity index (χ0) is 22.5. The van der Waals surface area contributed by atoms with Gasteiger partial charge in [-0.3, -0.25) is 9.79 Å². The van der Waals surface area contributed by atoms with Gasteiger partial charge >= 0.3 is 0 Å². The lowest BCUT2D eigenvalue weighted by Gasteiger charge is -2.17. The van der Waals surface area contributed by atoms with Crippen molar-refractivity contribution >= 4 is 41.1 Å². The molecule has 0 fully saturated rings. The van der Waals surface area contributed by atoms with Gasteiger partial charge in [0, 0.05) is 54.1 Å². The second kappa shape index (κ2) is 9.89. The van der Waals surface area contributed by atoms with Gasteiger partial charge in [-0.2, -0.15) is 0 Å². The molecule has 1 aromatic heterocycles. The molecule has 3 rings (SSSR count). The normalized spacial score (nSPS) is 11.1. The third-order valence-electron chi connectivity index (χ3n) is 4.43. The van der Waals surface area contributed by atoms with E-state index in [1.165, 1.54) is 34.9 Å². The number of aliphatic imine (C=N–C) groups is 1. The van der Waals surface area contributed by atoms with Crippen molar-refractivity contribution in [1.82, 2.24) is 4.57 Å². The van der Waals surface area contributed by atoms with Gasteiger partial charge in [0.1, 0.15) is 5.75 Å². The van der Waals surface area contributed by atoms with Crippen LogP contribution in [0.25, 0.3) is 11.1 Å². The lowest BCUT2D eigenvalue weighted by Crippen LogP contribution is -2.23. The van der Waals surface area contributed by atoms with Gasteiger partial charge in [-0.15, -0.1) is 0 Å². The van der Waals surface area contributed by atoms with Crippen LogP contribution in [0.2, 0.25) is 5.02 Å². The van der Waals surface area contributed by atoms with Crippen LogP contribution in [0.4, 0.5) is 15.8 Å². The Hall–Kier alpha value is -2.97. The van der Waals surface area contributed by atoms with Crippen LogP contribution in [0.1, 0.15) is 12.5 Å². The van der Waals surface area contributed by atoms with Gasteiger partial charge in [-0.25, -0.2) is 4.39 Å². The van der Waals surface area contributed by atoms with Gasteiger partial charge in [-0.05, 0) is 36.4 Å². The standard InChI is InChI=1S/C22H22ClFN4O2S/c1-4-31-27-14-6-8-19(30-20-7-5-13(23)9-18(20)24)15(10-14)17-12-28(3)22(29)16(11-26-2)21(17)25/h5-12,27H,4,25H2,1-3H3. The van der Waals surface area contributed by atoms with Crippen LogP contribution >= 0.6 is 23.5 Å². The largest absolute Gasteiger partial charge is 0.454 e. The molecule has 0 amide bonds. The number of nitrogens with zero attached hydrogens (tertiary/aromatic N) is 2. The highest BCUT2D eigenvalue weighted by molar-refractivity contribution is 8.00. The average Bonchev–Trinajstić information content (AvgIpc) is 2.75. The van der Waals surface area contributed by atoms with Crippen molar-refractivity contribution in [3.05, 3.63) is 69.4 Å². The van der Waals surface area contributed by atoms with Gasteiger partial charge in [0.25, 0.3) is 5.56 Å². The summed E-state index contributed by atoms with van der Waals surface area (Å²) in [5, 5.41) is 0.270. The lowest BCUT2D eigenvalue weighted by molar-refractivity contribution is 0.444. The van der Waals surface area contributed by atoms with Gasteiger partial charge in [0.2, 0.25) is 0 Å². The summed E-state index contributed by atoms with van der Waals surface area (Å²) in [6, 6.07) is 9.57. The van der Waals surface area contributed by atoms with Crippen molar-refractivity contribution in [2.75, 3.05) is 23.3 Å². The van der Waals surface area contributed by atoms with Crippen LogP contribution in [0.15, 0.2) is 52.4 Å². The molecule has 0 unspecified atom stereocenters. The second-order valence-corrected chi connectivity index (χ2v) is 8.10. The lowest BCUT2D eigenvalue weighted by atomic mass is 10.0. The Kier molecular flexibility index (Phi) is 7.25. The predicted octanol–water partition coefficient (Wildman–Crippen LogP) is 5.35. The highest BCUT2D eigenvalue weighted by Crippen LogP contribution is 2.39. The first-order chi connectivity index (χ1) is 14.8. The number of pyridine rings is 1. The SMILES string of the molecule is CCSNc1ccc(Oc2ccc(Cl)cc2F)c(-c2cn(C)c(=O)c(C=NC)c2N)c1. The van der Waals surface area contributed by atoms with Gasteiger partial charge in [0.05, 0.1) is 11.3 Å². The fraction of sp³-hybridized carbons (Fsp3) is 0.182. The van der Waals surface area contributed by atoms with Crippen LogP contribution in [0.5, 0.6) is 11.5 Å². The molecule has 1 heterocycles. The number of anilines is 2. The van der Waals surface area contributed by atoms with Crippen molar-refractivity contribution in [2.45, 2.75) is 6.92 Å². The van der Waals surface area contributed by atoms with Crippen LogP contribution in [-0.4, -0.2) is 23.6 Å². The van der Waals surface area contributed by atoms with E-state index in [2.05, 4.69) is 9.71 Å². The summed E-state index contributed by atoms with van der Waals surface area (Å²) in [6.45, 7) is 2.03. The monoisotopic (exact) mass is 460 g/mol. The Labute approximate surface area is 189 Å². The number of nitrogens with one attached hydrogen (secondary N) is 1. The quantitative estimate of drug-likeness (QED) is 0.367. The maximum Gasteiger partial charge on any atom is 0.261 e. The first-order valence-corrected chi connectivity index (χ1v) is 10.8. The van der Waals surface area contributed by atoms with Crippen molar-refractivity contribution in [2.24, 2.45) is 12.0 Å². The van der Waals surface area contributed by atoms with Gasteiger partial charge < -0.3 is 19.8 Å². The number of hydrogen-bond donors (Lipinski definition) is 2. The molecular weight excluding hydrogens is 439 g/mol. The minimum Gasteiger partial charge on any atom is -0.454 e. The third kappa shape index (κ3) is 5.03. The number of nitrogen functional groups attached to an aromatic ring is 1. The van der Waals surface area contributed by atoms with E-state index in [-0.39, 0.29) is 27.6 Å². The first-order valence-electron chi connectivity index (χ1n) is 9.42. The number of aryl methyl sites for hydroxylation is 1. The molecule has 3 aromatic rings. The average molecular weight is 461 g/mol. The Balaban J connectivity index is 2.20. The molecule has 2 aromatic carbocycles. The fourth-order valence-electron chi connectivity index (χ4n) is 2.97. The zero-order valence-corrected chi connectivity index (χ0v) is 18.9. The first kappa shape index (κ1) is 22.7. The second-order valence-electron chi connectivity index (χ2n) is 6.60. The molecule has 0 saturated carbocycles. The minimum atomic E-state index is -0.588. The molecular formula is C22H22ClFN4O2S. The molecule has 0 atom stereocenters. The number of ether oxygens (including phenoxy) is 1. The van der Waals surface area contributed by atoms with E-state index in [9.17, 15) is 9.18 Å². The fourth-order valence-corrected chi connectivity index (χ4v) is 3.56. The summed E-state index contributed by atoms with van der Waals surface area (Å²) in [5.41, 5.74) is 8.58. The smallest absolute Gasteiger partial charge is 0.261 e. The molecule has 9 heteroatoms. The molecule has 0 aliphatic carbocycles. The molecule has 0 saturated heterocycles. The maximum atomic E-state index is 14.4. The molecule has 3 N–H and O–H groups in total. The van der Waals surface area contributed by atoms with Crippen LogP contribution in [-0.2, 0) is 7.05 Å². The van der Waals surface area contributed by atoms with E-state index in [1.54, 1.807) is 32.4 Å². The van der Waals surface area contributed by atoms with E-state index < -0.39 is 5.82 Å². The number of rotatable bonds is 7. The molecule has 6 nitrogen and oxygen atoms in total. The van der Waals surface area contributed by atoms with E-state index in [0.717, 1.165) is 11.4 Å². The van der Waals surface area contributed by atoms with Crippen molar-refractivity contribution < 1.29 is 9.13 Å². The van der Waals surface area contributed by atoms with Crippen molar-refractivity contribution in [3.63, 3.8) is 0 Å². The number of nitrogens with two attached hydrogens (primary N) is 1. The molecule has 0 aliphatic heterocycles. The summed E-state index contributed by atoms with van der Waals surface area (Å²) >= 11 is 7.38. The summed E-state index contributed by atoms with van der Waals surface area (Å²) < 4.78 is 24.9. The predicted molar refractivity (Wildman–Crippen MR) is 128 cm³/mol. The molecule has 31 heavy (non-hydrogen) atoms. The Morgan fingerprint density at radius 1 is 1.26 bits per heavy atom. The topological polar surface area (TPSA) is 81.6 Å². The highest BCUT2D eigenvalue weighted by atomic mass is 35.5. The Morgan fingerprint density at radius 2 is 2.00 bits per heavy atom. The number of aromatic nitrogens is 1. The Morgan fingerprint density at radius 3 is 2.68 bits per heavy atom. The van der Waals surface area contributed by atoms with E-state index >= 15 is 0 Å². The summed E-state index contributed by atoms with van der Waals surface area (Å²) in [7, 11) is 3.20. The summed E-state index contributed by atoms with van der Waals surface area (Å²) in [5.74, 6) is 0.670. The van der Waals surface area contributed by atoms with Gasteiger partial charge in [0.15, 0.2) is 11.6 Å². The molecule has 0 radical (unpaired) electrons. The minimum absolute atomic E-state index is 0.0213. The van der Waals surface area contributed by atoms with Crippen LogP contribution in [0.3, 0.4) is 0 Å². The summed E-state index contributed by atoms with van der Waals surface area (Å²) in [6.07, 6.45) is 3.05. The third-order valence-corrected chi connectivity index (χ3v) is 5.33. The van der Waals surface area contributed by atoms with Crippen molar-refractivity contribution in [3.8, 4) is 22.6 Å². The number of halogens is 2. The number of hydrogen-bond acceptors (Lipinski definition) is 6. The molecule has 0 bridgehead atoms. The van der Waals surface area contributed by atoms with E-state index in [4.69, 9.17) is 22.1 Å². The zero-order valence-electron chi connectivity index (χ0n) is 17.3. The molecule has 0 spiro atoms. The highest BCUT2D eigenvalue weighted by Gasteiger charge is 2.18. The number of benzene rings is 2. The van der Waals surface area contributed by atoms with E-state index in [1.807, 2.05) is 19.1 Å². The molecule has 162 valence electrons. The molecule has 0 aliphatic rings. The van der Waals surface area contributed by atoms with Gasteiger partial charge in [-0.1, -0.05) is 30.5 Å². The Bertz CT molecular complexity index is 1200. The summed E-state index contributed by atoms with van der Waals surface area (Å²) in [4.78, 5) is 16.5. The van der Waals surface area contributed by atoms with Crippen molar-refractivity contribution in [1.29, 1.82) is 0 Å². The van der Waals surface area contributed by atoms with E-state index in [0.29, 0.717) is 16.9 Å².